The third-order valence-corrected chi connectivity index (χ3v) is 8.57. The number of carbonyl (C=O) groups is 2. The monoisotopic (exact) mass is 538 g/mol. The number of carbonyl (C=O) groups excluding carboxylic acids is 2. The smallest absolute Gasteiger partial charge is 0.263 e. The van der Waals surface area contributed by atoms with E-state index in [0.717, 1.165) is 60.0 Å². The highest BCUT2D eigenvalue weighted by Crippen LogP contribution is 2.42. The normalized spacial score (nSPS) is 20.3. The molecule has 7 rings (SSSR count). The molecule has 1 aromatic carbocycles. The topological polar surface area (TPSA) is 145 Å². The zero-order valence-corrected chi connectivity index (χ0v) is 22.0. The predicted octanol–water partition coefficient (Wildman–Crippen LogP) is 3.89. The summed E-state index contributed by atoms with van der Waals surface area (Å²) in [6, 6.07) is 9.14. The minimum atomic E-state index is -0.522. The summed E-state index contributed by atoms with van der Waals surface area (Å²) >= 11 is 0. The predicted molar refractivity (Wildman–Crippen MR) is 150 cm³/mol. The second-order valence-corrected chi connectivity index (χ2v) is 11.2. The molecule has 0 radical (unpaired) electrons. The molecule has 2 saturated carbocycles. The van der Waals surface area contributed by atoms with Gasteiger partial charge in [0.1, 0.15) is 23.4 Å². The Bertz CT molecular complexity index is 1730. The van der Waals surface area contributed by atoms with Gasteiger partial charge in [-0.05, 0) is 68.2 Å². The number of aliphatic hydroxyl groups excluding tert-OH is 1. The van der Waals surface area contributed by atoms with Crippen LogP contribution in [-0.2, 0) is 6.42 Å². The van der Waals surface area contributed by atoms with Crippen molar-refractivity contribution in [2.45, 2.75) is 57.0 Å². The quantitative estimate of drug-likeness (QED) is 0.338. The van der Waals surface area contributed by atoms with Crippen molar-refractivity contribution < 1.29 is 14.7 Å². The number of rotatable bonds is 6. The van der Waals surface area contributed by atoms with Gasteiger partial charge in [-0.2, -0.15) is 0 Å². The second kappa shape index (κ2) is 9.41. The molecule has 40 heavy (non-hydrogen) atoms. The van der Waals surface area contributed by atoms with Crippen molar-refractivity contribution in [3.63, 3.8) is 0 Å². The minimum absolute atomic E-state index is 0.000323. The Morgan fingerprint density at radius 1 is 1.05 bits per heavy atom. The van der Waals surface area contributed by atoms with E-state index in [4.69, 9.17) is 5.73 Å². The Morgan fingerprint density at radius 3 is 2.55 bits per heavy atom. The highest BCUT2D eigenvalue weighted by molar-refractivity contribution is 6.07. The van der Waals surface area contributed by atoms with E-state index in [9.17, 15) is 19.5 Å². The van der Waals surface area contributed by atoms with Gasteiger partial charge in [-0.25, -0.2) is 9.97 Å². The first-order chi connectivity index (χ1) is 19.4. The van der Waals surface area contributed by atoms with E-state index in [1.165, 1.54) is 12.4 Å². The first-order valence-corrected chi connectivity index (χ1v) is 13.9. The number of aliphatic hydroxyl groups is 1. The summed E-state index contributed by atoms with van der Waals surface area (Å²) in [5, 5.41) is 13.1. The number of nitrogens with two attached hydrogens (primary N) is 1. The van der Waals surface area contributed by atoms with Crippen LogP contribution in [0.2, 0.25) is 0 Å². The number of fused-ring (bicyclic) bond motifs is 2. The lowest BCUT2D eigenvalue weighted by atomic mass is 9.81. The van der Waals surface area contributed by atoms with Crippen molar-refractivity contribution in [3.8, 4) is 11.1 Å². The fourth-order valence-electron chi connectivity index (χ4n) is 6.21. The Morgan fingerprint density at radius 2 is 1.82 bits per heavy atom. The zero-order valence-electron chi connectivity index (χ0n) is 22.0. The third kappa shape index (κ3) is 4.02. The van der Waals surface area contributed by atoms with Crippen molar-refractivity contribution in [2.75, 3.05) is 17.7 Å². The number of aromatic nitrogens is 4. The Kier molecular flexibility index (Phi) is 5.81. The van der Waals surface area contributed by atoms with Gasteiger partial charge in [0, 0.05) is 53.8 Å². The summed E-state index contributed by atoms with van der Waals surface area (Å²) in [7, 11) is 0. The van der Waals surface area contributed by atoms with Crippen LogP contribution in [0.4, 0.5) is 11.5 Å². The largest absolute Gasteiger partial charge is 0.396 e. The average molecular weight is 539 g/mol. The van der Waals surface area contributed by atoms with Crippen LogP contribution < -0.4 is 16.6 Å². The number of pyridine rings is 1. The Hall–Kier alpha value is -4.31. The highest BCUT2D eigenvalue weighted by atomic mass is 16.3. The van der Waals surface area contributed by atoms with E-state index >= 15 is 0 Å². The van der Waals surface area contributed by atoms with Gasteiger partial charge in [0.05, 0.1) is 5.39 Å². The number of benzene rings is 1. The molecule has 0 spiro atoms. The van der Waals surface area contributed by atoms with E-state index < -0.39 is 5.91 Å². The van der Waals surface area contributed by atoms with Crippen LogP contribution >= 0.6 is 0 Å². The molecule has 10 nitrogen and oxygen atoms in total. The second-order valence-electron chi connectivity index (χ2n) is 11.2. The van der Waals surface area contributed by atoms with Crippen molar-refractivity contribution in [2.24, 2.45) is 5.92 Å². The number of hydrogen-bond donors (Lipinski definition) is 3. The Labute approximate surface area is 229 Å². The van der Waals surface area contributed by atoms with Gasteiger partial charge in [0.25, 0.3) is 11.5 Å². The van der Waals surface area contributed by atoms with Gasteiger partial charge in [-0.1, -0.05) is 12.1 Å². The number of hydrogen-bond acceptors (Lipinski definition) is 7. The molecule has 4 N–H and O–H groups in total. The summed E-state index contributed by atoms with van der Waals surface area (Å²) in [6.07, 6.45) is 8.89. The first kappa shape index (κ1) is 24.7. The number of ketones is 1. The van der Waals surface area contributed by atoms with E-state index in [0.29, 0.717) is 35.8 Å². The molecule has 4 aromatic rings. The molecule has 0 unspecified atom stereocenters. The lowest BCUT2D eigenvalue weighted by molar-refractivity contribution is 0.0970. The molecular formula is C30H30N6O4. The van der Waals surface area contributed by atoms with Gasteiger partial charge in [0.15, 0.2) is 5.78 Å². The Balaban J connectivity index is 1.18. The van der Waals surface area contributed by atoms with Crippen LogP contribution in [0.25, 0.3) is 22.2 Å². The van der Waals surface area contributed by atoms with Gasteiger partial charge in [-0.15, -0.1) is 0 Å². The van der Waals surface area contributed by atoms with Crippen molar-refractivity contribution in [3.05, 3.63) is 70.0 Å². The number of nitrogens with one attached hydrogen (secondary N) is 1. The fourth-order valence-corrected chi connectivity index (χ4v) is 6.21. The number of anilines is 2. The molecule has 3 heterocycles. The number of Topliss-reactive ketones (excluding diaryl/α,β-unsaturated/α-hetero) is 1. The summed E-state index contributed by atoms with van der Waals surface area (Å²) in [5.74, 6) is 0.161. The average Bonchev–Trinajstić information content (AvgIpc) is 3.69. The first-order valence-electron chi connectivity index (χ1n) is 13.9. The van der Waals surface area contributed by atoms with Crippen molar-refractivity contribution >= 4 is 34.2 Å². The van der Waals surface area contributed by atoms with E-state index in [1.807, 2.05) is 18.3 Å². The van der Waals surface area contributed by atoms with Crippen LogP contribution in [-0.4, -0.2) is 42.5 Å². The van der Waals surface area contributed by atoms with Crippen LogP contribution in [0.3, 0.4) is 0 Å². The van der Waals surface area contributed by atoms with E-state index in [1.54, 1.807) is 16.7 Å². The van der Waals surface area contributed by atoms with Crippen molar-refractivity contribution in [1.82, 2.24) is 19.1 Å². The maximum absolute atomic E-state index is 13.3. The maximum Gasteiger partial charge on any atom is 0.263 e. The van der Waals surface area contributed by atoms with Crippen LogP contribution in [0.15, 0.2) is 47.7 Å². The molecule has 0 aliphatic heterocycles. The van der Waals surface area contributed by atoms with Crippen molar-refractivity contribution in [1.29, 1.82) is 0 Å². The SMILES string of the molecule is Nc1ncnc2c1c(-c1ccc(NC(=O)c3cc4c(n(C5CC5)c3=O)CCCC4=O)cc1)cn2[C@H]1C[C@@H](CO)C1. The number of nitrogens with zero attached hydrogens (tertiary/aromatic N) is 4. The molecule has 3 aliphatic rings. The molecule has 2 fully saturated rings. The lowest BCUT2D eigenvalue weighted by Gasteiger charge is -2.35. The van der Waals surface area contributed by atoms with E-state index in [2.05, 4.69) is 19.9 Å². The minimum Gasteiger partial charge on any atom is -0.396 e. The summed E-state index contributed by atoms with van der Waals surface area (Å²) in [6.45, 7) is 0.184. The molecule has 3 aliphatic carbocycles. The molecule has 0 saturated heterocycles. The molecule has 0 atom stereocenters. The van der Waals surface area contributed by atoms with Gasteiger partial charge < -0.3 is 25.3 Å². The third-order valence-electron chi connectivity index (χ3n) is 8.57. The van der Waals surface area contributed by atoms with Crippen LogP contribution in [0.5, 0.6) is 0 Å². The molecule has 0 bridgehead atoms. The fraction of sp³-hybridized carbons (Fsp3) is 0.367. The van der Waals surface area contributed by atoms with Gasteiger partial charge in [0.2, 0.25) is 0 Å². The molecule has 1 amide bonds. The lowest BCUT2D eigenvalue weighted by Crippen LogP contribution is -2.34. The molecule has 204 valence electrons. The standard InChI is InChI=1S/C30H30N6O4/c31-27-26-23(13-35(28(26)33-15-32-27)20-10-16(11-20)14-37)17-4-6-18(7-5-17)34-29(39)22-12-21-24(2-1-3-25(21)38)36(30(22)40)19-8-9-19/h4-7,12-13,15-16,19-20,37H,1-3,8-11,14H2,(H,34,39)(H2,31,32,33)/t16-,20+. The molecule has 10 heteroatoms. The van der Waals surface area contributed by atoms with Gasteiger partial charge >= 0.3 is 0 Å². The summed E-state index contributed by atoms with van der Waals surface area (Å²) < 4.78 is 3.81. The summed E-state index contributed by atoms with van der Waals surface area (Å²) in [4.78, 5) is 47.9. The number of nitrogen functional groups attached to an aromatic ring is 1. The molecule has 3 aromatic heterocycles. The van der Waals surface area contributed by atoms with Gasteiger partial charge in [-0.3, -0.25) is 14.4 Å². The molecular weight excluding hydrogens is 508 g/mol. The zero-order chi connectivity index (χ0) is 27.5. The maximum atomic E-state index is 13.3. The van der Waals surface area contributed by atoms with Crippen LogP contribution in [0, 0.1) is 5.92 Å². The highest BCUT2D eigenvalue weighted by Gasteiger charge is 2.34. The van der Waals surface area contributed by atoms with E-state index in [-0.39, 0.29) is 35.6 Å². The number of amides is 1. The van der Waals surface area contributed by atoms with Crippen LogP contribution in [0.1, 0.15) is 77.0 Å². The summed E-state index contributed by atoms with van der Waals surface area (Å²) in [5.41, 5.74) is 10.3.